The van der Waals surface area contributed by atoms with Crippen LogP contribution in [0.4, 0.5) is 10.5 Å². The monoisotopic (exact) mass is 435 g/mol. The standard InChI is InChI=1S/C18H17N3O8S/c1-19-18(24)20-16(22)15(11-6-4-3-5-7-11)29-17(23)12-8-9-14(30(2,27)28)13(10-12)21(25)26/h3-10,15H,1-2H3,(H2,19,20,22,24)/t15-/m1/s1. The molecule has 0 saturated heterocycles. The van der Waals surface area contributed by atoms with E-state index in [0.717, 1.165) is 24.5 Å². The van der Waals surface area contributed by atoms with Gasteiger partial charge in [-0.3, -0.25) is 20.2 Å². The molecule has 2 aromatic rings. The molecule has 0 aromatic heterocycles. The van der Waals surface area contributed by atoms with Crippen LogP contribution in [-0.4, -0.2) is 44.6 Å². The summed E-state index contributed by atoms with van der Waals surface area (Å²) in [5.41, 5.74) is -0.907. The molecule has 0 bridgehead atoms. The molecular weight excluding hydrogens is 418 g/mol. The van der Waals surface area contributed by atoms with E-state index in [1.807, 2.05) is 5.32 Å². The number of nitro benzene ring substituents is 1. The van der Waals surface area contributed by atoms with Crippen molar-refractivity contribution < 1.29 is 32.5 Å². The van der Waals surface area contributed by atoms with Gasteiger partial charge in [-0.2, -0.15) is 0 Å². The number of rotatable bonds is 6. The van der Waals surface area contributed by atoms with Crippen molar-refractivity contribution >= 4 is 33.4 Å². The zero-order valence-corrected chi connectivity index (χ0v) is 16.6. The van der Waals surface area contributed by atoms with Gasteiger partial charge >= 0.3 is 12.0 Å². The van der Waals surface area contributed by atoms with Crippen LogP contribution in [0.1, 0.15) is 22.0 Å². The summed E-state index contributed by atoms with van der Waals surface area (Å²) in [6.45, 7) is 0. The van der Waals surface area contributed by atoms with Gasteiger partial charge in [-0.15, -0.1) is 0 Å². The number of carbonyl (C=O) groups is 3. The Morgan fingerprint density at radius 1 is 1.10 bits per heavy atom. The van der Waals surface area contributed by atoms with Gasteiger partial charge in [0.25, 0.3) is 11.6 Å². The van der Waals surface area contributed by atoms with Gasteiger partial charge in [-0.25, -0.2) is 18.0 Å². The van der Waals surface area contributed by atoms with E-state index in [-0.39, 0.29) is 11.1 Å². The van der Waals surface area contributed by atoms with Crippen LogP contribution in [0, 0.1) is 10.1 Å². The average molecular weight is 435 g/mol. The molecule has 0 unspecified atom stereocenters. The smallest absolute Gasteiger partial charge is 0.339 e. The summed E-state index contributed by atoms with van der Waals surface area (Å²) >= 11 is 0. The van der Waals surface area contributed by atoms with E-state index < -0.39 is 49.4 Å². The summed E-state index contributed by atoms with van der Waals surface area (Å²) in [6, 6.07) is 9.64. The highest BCUT2D eigenvalue weighted by Crippen LogP contribution is 2.27. The fourth-order valence-electron chi connectivity index (χ4n) is 2.42. The van der Waals surface area contributed by atoms with Gasteiger partial charge in [-0.05, 0) is 12.1 Å². The summed E-state index contributed by atoms with van der Waals surface area (Å²) in [4.78, 5) is 46.1. The lowest BCUT2D eigenvalue weighted by Crippen LogP contribution is -2.41. The number of benzene rings is 2. The van der Waals surface area contributed by atoms with Crippen LogP contribution < -0.4 is 10.6 Å². The summed E-state index contributed by atoms with van der Waals surface area (Å²) in [5, 5.41) is 15.4. The van der Waals surface area contributed by atoms with E-state index in [0.29, 0.717) is 0 Å². The number of nitro groups is 1. The second-order valence-corrected chi connectivity index (χ2v) is 7.96. The first-order chi connectivity index (χ1) is 14.0. The zero-order chi connectivity index (χ0) is 22.5. The third kappa shape index (κ3) is 5.38. The topological polar surface area (TPSA) is 162 Å². The van der Waals surface area contributed by atoms with E-state index in [4.69, 9.17) is 4.74 Å². The summed E-state index contributed by atoms with van der Waals surface area (Å²) in [7, 11) is -2.63. The molecule has 0 radical (unpaired) electrons. The van der Waals surface area contributed by atoms with E-state index in [1.54, 1.807) is 18.2 Å². The molecule has 0 aliphatic heterocycles. The first-order valence-electron chi connectivity index (χ1n) is 8.31. The van der Waals surface area contributed by atoms with Crippen molar-refractivity contribution in [3.63, 3.8) is 0 Å². The normalized spacial score (nSPS) is 11.8. The van der Waals surface area contributed by atoms with Crippen LogP contribution in [0.2, 0.25) is 0 Å². The molecule has 2 N–H and O–H groups in total. The highest BCUT2D eigenvalue weighted by molar-refractivity contribution is 7.90. The Labute approximate surface area is 171 Å². The Kier molecular flexibility index (Phi) is 6.85. The van der Waals surface area contributed by atoms with Gasteiger partial charge < -0.3 is 10.1 Å². The number of amides is 3. The number of nitrogens with zero attached hydrogens (tertiary/aromatic N) is 1. The molecule has 158 valence electrons. The lowest BCUT2D eigenvalue weighted by molar-refractivity contribution is -0.387. The molecular formula is C18H17N3O8S. The molecule has 0 fully saturated rings. The fourth-order valence-corrected chi connectivity index (χ4v) is 3.24. The second kappa shape index (κ2) is 9.13. The molecule has 0 saturated carbocycles. The lowest BCUT2D eigenvalue weighted by atomic mass is 10.1. The number of imide groups is 1. The van der Waals surface area contributed by atoms with Crippen LogP contribution >= 0.6 is 0 Å². The van der Waals surface area contributed by atoms with Gasteiger partial charge in [0.2, 0.25) is 6.10 Å². The number of sulfone groups is 1. The predicted molar refractivity (Wildman–Crippen MR) is 103 cm³/mol. The number of carbonyl (C=O) groups excluding carboxylic acids is 3. The molecule has 11 nitrogen and oxygen atoms in total. The van der Waals surface area contributed by atoms with Gasteiger partial charge in [0, 0.05) is 24.9 Å². The number of hydrogen-bond donors (Lipinski definition) is 2. The Morgan fingerprint density at radius 3 is 2.27 bits per heavy atom. The quantitative estimate of drug-likeness (QED) is 0.390. The maximum atomic E-state index is 12.5. The van der Waals surface area contributed by atoms with Crippen molar-refractivity contribution in [2.75, 3.05) is 13.3 Å². The highest BCUT2D eigenvalue weighted by Gasteiger charge is 2.29. The van der Waals surface area contributed by atoms with Crippen LogP contribution in [0.25, 0.3) is 0 Å². The van der Waals surface area contributed by atoms with Crippen LogP contribution in [-0.2, 0) is 19.4 Å². The van der Waals surface area contributed by atoms with Gasteiger partial charge in [0.05, 0.1) is 10.5 Å². The molecule has 2 rings (SSSR count). The molecule has 0 spiro atoms. The SMILES string of the molecule is CNC(=O)NC(=O)[C@H](OC(=O)c1ccc(S(C)(=O)=O)c([N+](=O)[O-])c1)c1ccccc1. The first kappa shape index (κ1) is 22.5. The number of urea groups is 1. The summed E-state index contributed by atoms with van der Waals surface area (Å²) in [5.74, 6) is -2.07. The molecule has 12 heteroatoms. The minimum absolute atomic E-state index is 0.245. The molecule has 0 aliphatic rings. The number of hydrogen-bond acceptors (Lipinski definition) is 8. The predicted octanol–water partition coefficient (Wildman–Crippen LogP) is 1.35. The molecule has 2 aromatic carbocycles. The Hall–Kier alpha value is -3.80. The fraction of sp³-hybridized carbons (Fsp3) is 0.167. The van der Waals surface area contributed by atoms with Crippen molar-refractivity contribution in [1.82, 2.24) is 10.6 Å². The minimum atomic E-state index is -3.92. The van der Waals surface area contributed by atoms with Crippen molar-refractivity contribution in [3.05, 3.63) is 69.8 Å². The zero-order valence-electron chi connectivity index (χ0n) is 15.8. The highest BCUT2D eigenvalue weighted by atomic mass is 32.2. The Morgan fingerprint density at radius 2 is 1.73 bits per heavy atom. The molecule has 30 heavy (non-hydrogen) atoms. The number of nitrogens with one attached hydrogen (secondary N) is 2. The number of esters is 1. The Balaban J connectivity index is 2.40. The third-order valence-electron chi connectivity index (χ3n) is 3.82. The molecule has 3 amide bonds. The average Bonchev–Trinajstić information content (AvgIpc) is 2.71. The van der Waals surface area contributed by atoms with Crippen LogP contribution in [0.5, 0.6) is 0 Å². The third-order valence-corrected chi connectivity index (χ3v) is 4.96. The lowest BCUT2D eigenvalue weighted by Gasteiger charge is -2.17. The van der Waals surface area contributed by atoms with Gasteiger partial charge in [0.15, 0.2) is 9.84 Å². The maximum absolute atomic E-state index is 12.5. The first-order valence-corrected chi connectivity index (χ1v) is 10.2. The molecule has 0 heterocycles. The minimum Gasteiger partial charge on any atom is -0.444 e. The maximum Gasteiger partial charge on any atom is 0.339 e. The second-order valence-electron chi connectivity index (χ2n) is 5.98. The summed E-state index contributed by atoms with van der Waals surface area (Å²) < 4.78 is 28.6. The van der Waals surface area contributed by atoms with Crippen molar-refractivity contribution in [3.8, 4) is 0 Å². The van der Waals surface area contributed by atoms with E-state index in [9.17, 15) is 32.9 Å². The van der Waals surface area contributed by atoms with Crippen molar-refractivity contribution in [2.24, 2.45) is 0 Å². The van der Waals surface area contributed by atoms with E-state index in [1.165, 1.54) is 19.2 Å². The molecule has 0 aliphatic carbocycles. The van der Waals surface area contributed by atoms with Gasteiger partial charge in [-0.1, -0.05) is 30.3 Å². The van der Waals surface area contributed by atoms with Crippen molar-refractivity contribution in [2.45, 2.75) is 11.0 Å². The Bertz CT molecular complexity index is 1100. The molecule has 1 atom stereocenters. The van der Waals surface area contributed by atoms with E-state index >= 15 is 0 Å². The summed E-state index contributed by atoms with van der Waals surface area (Å²) in [6.07, 6.45) is -0.744. The number of ether oxygens (including phenoxy) is 1. The van der Waals surface area contributed by atoms with Crippen LogP contribution in [0.3, 0.4) is 0 Å². The van der Waals surface area contributed by atoms with E-state index in [2.05, 4.69) is 5.32 Å². The van der Waals surface area contributed by atoms with Crippen molar-refractivity contribution in [1.29, 1.82) is 0 Å². The van der Waals surface area contributed by atoms with Crippen LogP contribution in [0.15, 0.2) is 53.4 Å². The van der Waals surface area contributed by atoms with Gasteiger partial charge in [0.1, 0.15) is 4.90 Å². The largest absolute Gasteiger partial charge is 0.444 e.